The fourth-order valence-corrected chi connectivity index (χ4v) is 1.98. The quantitative estimate of drug-likeness (QED) is 0.747. The van der Waals surface area contributed by atoms with Crippen molar-refractivity contribution in [3.63, 3.8) is 0 Å². The maximum atomic E-state index is 5.28. The lowest BCUT2D eigenvalue weighted by molar-refractivity contribution is 0.476. The lowest BCUT2D eigenvalue weighted by atomic mass is 10.2. The molecule has 0 aliphatic carbocycles. The molecule has 2 aromatic rings. The highest BCUT2D eigenvalue weighted by atomic mass is 16.3. The standard InChI is InChI=1S/C11H13N3O/c1-2-6-14-11(5-1)12-10(13-14)8-9-4-3-7-15-9/h3-4,7H,1-2,5-6,8H2. The molecule has 3 heterocycles. The van der Waals surface area contributed by atoms with Gasteiger partial charge in [-0.05, 0) is 25.0 Å². The predicted molar refractivity (Wildman–Crippen MR) is 54.5 cm³/mol. The van der Waals surface area contributed by atoms with E-state index >= 15 is 0 Å². The Kier molecular flexibility index (Phi) is 2.05. The van der Waals surface area contributed by atoms with Crippen LogP contribution < -0.4 is 0 Å². The second-order valence-electron chi connectivity index (χ2n) is 3.88. The Hall–Kier alpha value is -1.58. The SMILES string of the molecule is c1coc(Cc2nc3n(n2)CCCC3)c1. The van der Waals surface area contributed by atoms with Gasteiger partial charge in [0.15, 0.2) is 5.82 Å². The van der Waals surface area contributed by atoms with Gasteiger partial charge in [0.25, 0.3) is 0 Å². The average molecular weight is 203 g/mol. The Balaban J connectivity index is 1.84. The van der Waals surface area contributed by atoms with Crippen molar-refractivity contribution in [2.75, 3.05) is 0 Å². The Morgan fingerprint density at radius 3 is 3.20 bits per heavy atom. The molecule has 0 spiro atoms. The fourth-order valence-electron chi connectivity index (χ4n) is 1.98. The van der Waals surface area contributed by atoms with Gasteiger partial charge in [0.1, 0.15) is 11.6 Å². The van der Waals surface area contributed by atoms with Crippen molar-refractivity contribution in [3.8, 4) is 0 Å². The number of aryl methyl sites for hydroxylation is 2. The molecule has 78 valence electrons. The Bertz CT molecular complexity index is 421. The van der Waals surface area contributed by atoms with E-state index in [0.29, 0.717) is 6.42 Å². The fraction of sp³-hybridized carbons (Fsp3) is 0.455. The molecule has 1 aliphatic rings. The first-order valence-electron chi connectivity index (χ1n) is 5.37. The highest BCUT2D eigenvalue weighted by Gasteiger charge is 2.14. The van der Waals surface area contributed by atoms with Crippen molar-refractivity contribution < 1.29 is 4.42 Å². The lowest BCUT2D eigenvalue weighted by Crippen LogP contribution is -2.11. The summed E-state index contributed by atoms with van der Waals surface area (Å²) in [6.07, 6.45) is 5.90. The van der Waals surface area contributed by atoms with E-state index in [1.54, 1.807) is 6.26 Å². The van der Waals surface area contributed by atoms with E-state index in [-0.39, 0.29) is 0 Å². The van der Waals surface area contributed by atoms with Crippen molar-refractivity contribution in [2.24, 2.45) is 0 Å². The third-order valence-electron chi connectivity index (χ3n) is 2.72. The molecular weight excluding hydrogens is 190 g/mol. The van der Waals surface area contributed by atoms with Crippen molar-refractivity contribution >= 4 is 0 Å². The summed E-state index contributed by atoms with van der Waals surface area (Å²) in [7, 11) is 0. The molecule has 0 amide bonds. The van der Waals surface area contributed by atoms with Gasteiger partial charge >= 0.3 is 0 Å². The molecule has 3 rings (SSSR count). The van der Waals surface area contributed by atoms with Crippen LogP contribution >= 0.6 is 0 Å². The molecule has 0 bridgehead atoms. The zero-order valence-corrected chi connectivity index (χ0v) is 8.52. The van der Waals surface area contributed by atoms with Crippen LogP contribution in [-0.4, -0.2) is 14.8 Å². The number of furan rings is 1. The van der Waals surface area contributed by atoms with Crippen LogP contribution in [0, 0.1) is 0 Å². The first-order chi connectivity index (χ1) is 7.42. The van der Waals surface area contributed by atoms with Crippen LogP contribution in [-0.2, 0) is 19.4 Å². The second kappa shape index (κ2) is 3.53. The molecule has 0 saturated heterocycles. The van der Waals surface area contributed by atoms with Gasteiger partial charge < -0.3 is 4.42 Å². The molecular formula is C11H13N3O. The minimum atomic E-state index is 0.701. The number of aromatic nitrogens is 3. The summed E-state index contributed by atoms with van der Waals surface area (Å²) < 4.78 is 7.31. The molecule has 0 unspecified atom stereocenters. The van der Waals surface area contributed by atoms with Crippen molar-refractivity contribution in [3.05, 3.63) is 35.8 Å². The number of nitrogens with zero attached hydrogens (tertiary/aromatic N) is 3. The van der Waals surface area contributed by atoms with Crippen LogP contribution in [0.2, 0.25) is 0 Å². The monoisotopic (exact) mass is 203 g/mol. The Labute approximate surface area is 87.9 Å². The van der Waals surface area contributed by atoms with E-state index in [1.165, 1.54) is 12.8 Å². The molecule has 2 aromatic heterocycles. The first kappa shape index (κ1) is 8.71. The van der Waals surface area contributed by atoms with Gasteiger partial charge in [0.2, 0.25) is 0 Å². The Morgan fingerprint density at radius 1 is 1.40 bits per heavy atom. The minimum Gasteiger partial charge on any atom is -0.469 e. The van der Waals surface area contributed by atoms with Crippen molar-refractivity contribution in [2.45, 2.75) is 32.2 Å². The third kappa shape index (κ3) is 1.67. The minimum absolute atomic E-state index is 0.701. The van der Waals surface area contributed by atoms with Crippen molar-refractivity contribution in [1.29, 1.82) is 0 Å². The molecule has 4 heteroatoms. The van der Waals surface area contributed by atoms with Gasteiger partial charge in [0.05, 0.1) is 12.7 Å². The molecule has 0 saturated carbocycles. The van der Waals surface area contributed by atoms with E-state index in [9.17, 15) is 0 Å². The number of rotatable bonds is 2. The summed E-state index contributed by atoms with van der Waals surface area (Å²) >= 11 is 0. The van der Waals surface area contributed by atoms with Crippen LogP contribution in [0.4, 0.5) is 0 Å². The largest absolute Gasteiger partial charge is 0.469 e. The van der Waals surface area contributed by atoms with Gasteiger partial charge in [-0.2, -0.15) is 5.10 Å². The molecule has 0 radical (unpaired) electrons. The third-order valence-corrected chi connectivity index (χ3v) is 2.72. The lowest BCUT2D eigenvalue weighted by Gasteiger charge is -2.09. The first-order valence-corrected chi connectivity index (χ1v) is 5.37. The summed E-state index contributed by atoms with van der Waals surface area (Å²) in [6, 6.07) is 3.85. The van der Waals surface area contributed by atoms with Crippen LogP contribution in [0.15, 0.2) is 22.8 Å². The smallest absolute Gasteiger partial charge is 0.158 e. The van der Waals surface area contributed by atoms with E-state index in [0.717, 1.165) is 30.4 Å². The highest BCUT2D eigenvalue weighted by molar-refractivity contribution is 5.07. The zero-order chi connectivity index (χ0) is 10.1. The maximum absolute atomic E-state index is 5.28. The van der Waals surface area contributed by atoms with E-state index in [1.807, 2.05) is 16.8 Å². The van der Waals surface area contributed by atoms with E-state index in [4.69, 9.17) is 4.42 Å². The van der Waals surface area contributed by atoms with E-state index in [2.05, 4.69) is 10.1 Å². The summed E-state index contributed by atoms with van der Waals surface area (Å²) in [5.74, 6) is 2.93. The van der Waals surface area contributed by atoms with E-state index < -0.39 is 0 Å². The van der Waals surface area contributed by atoms with Gasteiger partial charge in [0, 0.05) is 13.0 Å². The topological polar surface area (TPSA) is 43.9 Å². The molecule has 1 aliphatic heterocycles. The van der Waals surface area contributed by atoms with Crippen LogP contribution in [0.1, 0.15) is 30.3 Å². The number of fused-ring (bicyclic) bond motifs is 1. The van der Waals surface area contributed by atoms with Crippen LogP contribution in [0.5, 0.6) is 0 Å². The van der Waals surface area contributed by atoms with Crippen LogP contribution in [0.25, 0.3) is 0 Å². The second-order valence-corrected chi connectivity index (χ2v) is 3.88. The molecule has 0 fully saturated rings. The summed E-state index contributed by atoms with van der Waals surface area (Å²) in [4.78, 5) is 4.52. The normalized spacial score (nSPS) is 15.2. The highest BCUT2D eigenvalue weighted by Crippen LogP contribution is 2.13. The van der Waals surface area contributed by atoms with Crippen LogP contribution in [0.3, 0.4) is 0 Å². The predicted octanol–water partition coefficient (Wildman–Crippen LogP) is 1.80. The number of hydrogen-bond donors (Lipinski definition) is 0. The van der Waals surface area contributed by atoms with Gasteiger partial charge in [-0.3, -0.25) is 0 Å². The van der Waals surface area contributed by atoms with Gasteiger partial charge in [-0.1, -0.05) is 0 Å². The molecule has 0 N–H and O–H groups in total. The molecule has 0 aromatic carbocycles. The summed E-state index contributed by atoms with van der Waals surface area (Å²) in [5.41, 5.74) is 0. The maximum Gasteiger partial charge on any atom is 0.158 e. The Morgan fingerprint density at radius 2 is 2.40 bits per heavy atom. The number of hydrogen-bond acceptors (Lipinski definition) is 3. The average Bonchev–Trinajstić information content (AvgIpc) is 2.86. The summed E-state index contributed by atoms with van der Waals surface area (Å²) in [6.45, 7) is 1.01. The molecule has 15 heavy (non-hydrogen) atoms. The van der Waals surface area contributed by atoms with Gasteiger partial charge in [-0.25, -0.2) is 9.67 Å². The van der Waals surface area contributed by atoms with Gasteiger partial charge in [-0.15, -0.1) is 0 Å². The molecule has 4 nitrogen and oxygen atoms in total. The molecule has 0 atom stereocenters. The van der Waals surface area contributed by atoms with Crippen molar-refractivity contribution in [1.82, 2.24) is 14.8 Å². The zero-order valence-electron chi connectivity index (χ0n) is 8.52. The summed E-state index contributed by atoms with van der Waals surface area (Å²) in [5, 5.41) is 4.47.